The molecule has 17 heavy (non-hydrogen) atoms. The quantitative estimate of drug-likeness (QED) is 0.728. The van der Waals surface area contributed by atoms with Gasteiger partial charge in [-0.15, -0.1) is 0 Å². The fraction of sp³-hybridized carbons (Fsp3) is 0.727. The standard InChI is InChI=1S/C11H18N2O4/c1-11(2,3)13(6-9(15)16)10(17)7-4-5-8(14)12-7/h7H,4-6H2,1-3H3,(H,12,14)(H,15,16)/t7-/m1/s1. The molecule has 0 spiro atoms. The summed E-state index contributed by atoms with van der Waals surface area (Å²) >= 11 is 0. The summed E-state index contributed by atoms with van der Waals surface area (Å²) in [6, 6.07) is -0.582. The smallest absolute Gasteiger partial charge is 0.323 e. The van der Waals surface area contributed by atoms with Crippen molar-refractivity contribution in [2.45, 2.75) is 45.2 Å². The number of rotatable bonds is 3. The van der Waals surface area contributed by atoms with Gasteiger partial charge in [0, 0.05) is 12.0 Å². The Hall–Kier alpha value is -1.59. The molecule has 0 radical (unpaired) electrons. The lowest BCUT2D eigenvalue weighted by Gasteiger charge is -2.36. The summed E-state index contributed by atoms with van der Waals surface area (Å²) < 4.78 is 0. The van der Waals surface area contributed by atoms with E-state index in [4.69, 9.17) is 5.11 Å². The predicted octanol–water partition coefficient (Wildman–Crippen LogP) is -0.0233. The highest BCUT2D eigenvalue weighted by molar-refractivity contribution is 5.92. The maximum atomic E-state index is 12.1. The number of nitrogens with zero attached hydrogens (tertiary/aromatic N) is 1. The lowest BCUT2D eigenvalue weighted by atomic mass is 10.0. The normalized spacial score (nSPS) is 19.9. The molecule has 0 aliphatic carbocycles. The molecule has 2 N–H and O–H groups in total. The zero-order chi connectivity index (χ0) is 13.2. The van der Waals surface area contributed by atoms with Gasteiger partial charge in [-0.2, -0.15) is 0 Å². The Kier molecular flexibility index (Phi) is 3.75. The Bertz CT molecular complexity index is 346. The second-order valence-corrected chi connectivity index (χ2v) is 5.15. The monoisotopic (exact) mass is 242 g/mol. The molecular weight excluding hydrogens is 224 g/mol. The van der Waals surface area contributed by atoms with E-state index in [0.717, 1.165) is 0 Å². The Balaban J connectivity index is 2.79. The van der Waals surface area contributed by atoms with Gasteiger partial charge in [-0.1, -0.05) is 0 Å². The molecule has 0 aromatic rings. The van der Waals surface area contributed by atoms with Gasteiger partial charge in [0.15, 0.2) is 0 Å². The molecule has 0 saturated carbocycles. The van der Waals surface area contributed by atoms with Crippen molar-refractivity contribution in [2.75, 3.05) is 6.54 Å². The van der Waals surface area contributed by atoms with Crippen LogP contribution in [0.1, 0.15) is 33.6 Å². The van der Waals surface area contributed by atoms with E-state index in [9.17, 15) is 14.4 Å². The predicted molar refractivity (Wildman–Crippen MR) is 60.3 cm³/mol. The van der Waals surface area contributed by atoms with Crippen LogP contribution in [0.3, 0.4) is 0 Å². The van der Waals surface area contributed by atoms with Crippen LogP contribution < -0.4 is 5.32 Å². The van der Waals surface area contributed by atoms with Gasteiger partial charge in [-0.05, 0) is 27.2 Å². The third-order valence-electron chi connectivity index (χ3n) is 2.66. The fourth-order valence-corrected chi connectivity index (χ4v) is 1.77. The topological polar surface area (TPSA) is 86.7 Å². The minimum Gasteiger partial charge on any atom is -0.480 e. The van der Waals surface area contributed by atoms with Crippen LogP contribution >= 0.6 is 0 Å². The summed E-state index contributed by atoms with van der Waals surface area (Å²) in [5, 5.41) is 11.4. The minimum atomic E-state index is -1.06. The first-order chi connectivity index (χ1) is 7.71. The summed E-state index contributed by atoms with van der Waals surface area (Å²) in [5.74, 6) is -1.55. The molecule has 1 rings (SSSR count). The number of carboxylic acids is 1. The second-order valence-electron chi connectivity index (χ2n) is 5.15. The summed E-state index contributed by atoms with van der Waals surface area (Å²) in [6.07, 6.45) is 0.755. The van der Waals surface area contributed by atoms with E-state index in [1.165, 1.54) is 4.90 Å². The largest absolute Gasteiger partial charge is 0.480 e. The second kappa shape index (κ2) is 4.73. The first-order valence-electron chi connectivity index (χ1n) is 5.54. The van der Waals surface area contributed by atoms with Crippen LogP contribution in [-0.4, -0.2) is 45.9 Å². The molecule has 2 amide bonds. The van der Waals surface area contributed by atoms with E-state index in [-0.39, 0.29) is 18.4 Å². The Morgan fingerprint density at radius 3 is 2.41 bits per heavy atom. The average molecular weight is 242 g/mol. The molecule has 1 saturated heterocycles. The molecule has 1 atom stereocenters. The van der Waals surface area contributed by atoms with E-state index in [2.05, 4.69) is 5.32 Å². The minimum absolute atomic E-state index is 0.160. The molecule has 1 heterocycles. The molecule has 96 valence electrons. The molecule has 0 aromatic heterocycles. The van der Waals surface area contributed by atoms with Gasteiger partial charge >= 0.3 is 5.97 Å². The van der Waals surface area contributed by atoms with Crippen molar-refractivity contribution in [1.29, 1.82) is 0 Å². The number of carboxylic acid groups (broad SMARTS) is 1. The van der Waals surface area contributed by atoms with Crippen LogP contribution in [0.15, 0.2) is 0 Å². The maximum absolute atomic E-state index is 12.1. The van der Waals surface area contributed by atoms with Gasteiger partial charge < -0.3 is 15.3 Å². The van der Waals surface area contributed by atoms with Crippen LogP contribution in [0, 0.1) is 0 Å². The molecule has 1 fully saturated rings. The van der Waals surface area contributed by atoms with Crippen LogP contribution in [-0.2, 0) is 14.4 Å². The zero-order valence-electron chi connectivity index (χ0n) is 10.3. The highest BCUT2D eigenvalue weighted by Crippen LogP contribution is 2.18. The molecule has 0 aromatic carbocycles. The number of nitrogens with one attached hydrogen (secondary N) is 1. The first kappa shape index (κ1) is 13.5. The molecule has 0 bridgehead atoms. The van der Waals surface area contributed by atoms with Crippen molar-refractivity contribution in [3.05, 3.63) is 0 Å². The van der Waals surface area contributed by atoms with Crippen LogP contribution in [0.4, 0.5) is 0 Å². The van der Waals surface area contributed by atoms with Crippen molar-refractivity contribution >= 4 is 17.8 Å². The van der Waals surface area contributed by atoms with Crippen LogP contribution in [0.2, 0.25) is 0 Å². The van der Waals surface area contributed by atoms with Gasteiger partial charge in [-0.25, -0.2) is 0 Å². The van der Waals surface area contributed by atoms with Crippen LogP contribution in [0.5, 0.6) is 0 Å². The van der Waals surface area contributed by atoms with Crippen molar-refractivity contribution < 1.29 is 19.5 Å². The highest BCUT2D eigenvalue weighted by Gasteiger charge is 2.36. The number of hydrogen-bond acceptors (Lipinski definition) is 3. The Morgan fingerprint density at radius 1 is 1.47 bits per heavy atom. The van der Waals surface area contributed by atoms with E-state index in [0.29, 0.717) is 12.8 Å². The lowest BCUT2D eigenvalue weighted by molar-refractivity contribution is -0.149. The van der Waals surface area contributed by atoms with Gasteiger partial charge in [0.25, 0.3) is 0 Å². The van der Waals surface area contributed by atoms with Crippen molar-refractivity contribution in [2.24, 2.45) is 0 Å². The molecule has 6 nitrogen and oxygen atoms in total. The molecule has 1 aliphatic heterocycles. The third-order valence-corrected chi connectivity index (χ3v) is 2.66. The fourth-order valence-electron chi connectivity index (χ4n) is 1.77. The van der Waals surface area contributed by atoms with Crippen molar-refractivity contribution in [3.8, 4) is 0 Å². The summed E-state index contributed by atoms with van der Waals surface area (Å²) in [5.41, 5.74) is -0.581. The van der Waals surface area contributed by atoms with E-state index >= 15 is 0 Å². The first-order valence-corrected chi connectivity index (χ1v) is 5.54. The lowest BCUT2D eigenvalue weighted by Crippen LogP contribution is -2.54. The molecule has 0 unspecified atom stereocenters. The molecular formula is C11H18N2O4. The number of carbonyl (C=O) groups is 3. The van der Waals surface area contributed by atoms with Gasteiger partial charge in [0.1, 0.15) is 12.6 Å². The number of aliphatic carboxylic acids is 1. The summed E-state index contributed by atoms with van der Waals surface area (Å²) in [6.45, 7) is 4.95. The van der Waals surface area contributed by atoms with Crippen LogP contribution in [0.25, 0.3) is 0 Å². The third kappa shape index (κ3) is 3.44. The summed E-state index contributed by atoms with van der Waals surface area (Å²) in [7, 11) is 0. The highest BCUT2D eigenvalue weighted by atomic mass is 16.4. The van der Waals surface area contributed by atoms with E-state index < -0.39 is 17.6 Å². The average Bonchev–Trinajstić information content (AvgIpc) is 2.58. The number of amides is 2. The SMILES string of the molecule is CC(C)(C)N(CC(=O)O)C(=O)[C@H]1CCC(=O)N1. The maximum Gasteiger partial charge on any atom is 0.323 e. The van der Waals surface area contributed by atoms with Gasteiger partial charge in [0.05, 0.1) is 0 Å². The number of carbonyl (C=O) groups excluding carboxylic acids is 2. The molecule has 1 aliphatic rings. The van der Waals surface area contributed by atoms with E-state index in [1.807, 2.05) is 0 Å². The zero-order valence-corrected chi connectivity index (χ0v) is 10.3. The van der Waals surface area contributed by atoms with Crippen molar-refractivity contribution in [3.63, 3.8) is 0 Å². The Labute approximate surface area is 100.0 Å². The van der Waals surface area contributed by atoms with Crippen molar-refractivity contribution in [1.82, 2.24) is 10.2 Å². The van der Waals surface area contributed by atoms with E-state index in [1.54, 1.807) is 20.8 Å². The van der Waals surface area contributed by atoms with Gasteiger partial charge in [-0.3, -0.25) is 14.4 Å². The molecule has 6 heteroatoms. The number of hydrogen-bond donors (Lipinski definition) is 2. The van der Waals surface area contributed by atoms with Gasteiger partial charge in [0.2, 0.25) is 11.8 Å². The summed E-state index contributed by atoms with van der Waals surface area (Å²) in [4.78, 5) is 35.2. The Morgan fingerprint density at radius 2 is 2.06 bits per heavy atom.